The lowest BCUT2D eigenvalue weighted by Crippen LogP contribution is -2.23. The van der Waals surface area contributed by atoms with E-state index in [1.807, 2.05) is 6.07 Å². The highest BCUT2D eigenvalue weighted by atomic mass is 16.5. The van der Waals surface area contributed by atoms with E-state index in [-0.39, 0.29) is 6.92 Å². The molecule has 0 radical (unpaired) electrons. The predicted molar refractivity (Wildman–Crippen MR) is 96.6 cm³/mol. The Hall–Kier alpha value is -2.52. The van der Waals surface area contributed by atoms with Crippen LogP contribution in [0.5, 0.6) is 5.88 Å². The van der Waals surface area contributed by atoms with Gasteiger partial charge in [-0.2, -0.15) is 0 Å². The molecule has 0 spiro atoms. The summed E-state index contributed by atoms with van der Waals surface area (Å²) in [6.07, 6.45) is 0. The maximum atomic E-state index is 7.24. The molecule has 5 nitrogen and oxygen atoms in total. The van der Waals surface area contributed by atoms with Crippen molar-refractivity contribution in [3.63, 3.8) is 0 Å². The van der Waals surface area contributed by atoms with Crippen molar-refractivity contribution in [1.29, 1.82) is 0 Å². The van der Waals surface area contributed by atoms with Crippen molar-refractivity contribution >= 4 is 29.6 Å². The second-order valence-corrected chi connectivity index (χ2v) is 6.33. The number of nitrogens with zero attached hydrogens (tertiary/aromatic N) is 2. The molecule has 0 saturated heterocycles. The number of fused-ring (bicyclic) bond motifs is 1. The molecular weight excluding hydrogens is 301 g/mol. The minimum absolute atomic E-state index is 0.154. The number of hydrogen-bond acceptors (Lipinski definition) is 4. The summed E-state index contributed by atoms with van der Waals surface area (Å²) in [4.78, 5) is 7.91. The molecule has 1 N–H and O–H groups in total. The molecule has 1 aromatic heterocycles. The number of rotatable bonds is 5. The van der Waals surface area contributed by atoms with Gasteiger partial charge in [-0.05, 0) is 41.2 Å². The van der Waals surface area contributed by atoms with Gasteiger partial charge in [0.1, 0.15) is 5.82 Å². The van der Waals surface area contributed by atoms with E-state index in [1.54, 1.807) is 12.1 Å². The Kier molecular flexibility index (Phi) is 4.72. The molecule has 0 aliphatic carbocycles. The summed E-state index contributed by atoms with van der Waals surface area (Å²) in [5.74, 6) is 1.41. The quantitative estimate of drug-likeness (QED) is 0.673. The number of ether oxygens (including phenoxy) is 1. The number of anilines is 2. The van der Waals surface area contributed by atoms with Crippen LogP contribution < -0.4 is 15.5 Å². The number of pyridine rings is 1. The van der Waals surface area contributed by atoms with Crippen molar-refractivity contribution in [3.8, 4) is 5.88 Å². The van der Waals surface area contributed by atoms with E-state index in [2.05, 4.69) is 47.9 Å². The summed E-state index contributed by atoms with van der Waals surface area (Å²) in [7, 11) is 0. The molecule has 0 bridgehead atoms. The van der Waals surface area contributed by atoms with E-state index < -0.39 is 0 Å². The first-order valence-corrected chi connectivity index (χ1v) is 8.09. The molecular formula is C18H20BN3O2. The van der Waals surface area contributed by atoms with Gasteiger partial charge in [0.05, 0.1) is 19.8 Å². The van der Waals surface area contributed by atoms with Crippen molar-refractivity contribution in [2.24, 2.45) is 5.92 Å². The van der Waals surface area contributed by atoms with Crippen LogP contribution in [0.4, 0.5) is 17.2 Å². The van der Waals surface area contributed by atoms with Gasteiger partial charge in [-0.1, -0.05) is 26.7 Å². The summed E-state index contributed by atoms with van der Waals surface area (Å²) >= 11 is 0. The van der Waals surface area contributed by atoms with Gasteiger partial charge in [0, 0.05) is 5.69 Å². The Morgan fingerprint density at radius 2 is 2.21 bits per heavy atom. The van der Waals surface area contributed by atoms with Crippen LogP contribution >= 0.6 is 0 Å². The number of hydrogen-bond donors (Lipinski definition) is 1. The van der Waals surface area contributed by atoms with Gasteiger partial charge >= 0.3 is 6.92 Å². The van der Waals surface area contributed by atoms with Crippen LogP contribution in [0, 0.1) is 12.5 Å². The van der Waals surface area contributed by atoms with Gasteiger partial charge in [-0.25, -0.2) is 9.83 Å². The van der Waals surface area contributed by atoms with E-state index in [4.69, 9.17) is 16.0 Å². The summed E-state index contributed by atoms with van der Waals surface area (Å²) in [6, 6.07) is 9.71. The van der Waals surface area contributed by atoms with Crippen molar-refractivity contribution in [1.82, 2.24) is 4.98 Å². The van der Waals surface area contributed by atoms with E-state index in [0.29, 0.717) is 36.5 Å². The van der Waals surface area contributed by atoms with Crippen LogP contribution in [-0.4, -0.2) is 18.5 Å². The molecule has 0 atom stereocenters. The molecule has 24 heavy (non-hydrogen) atoms. The first-order chi connectivity index (χ1) is 11.6. The highest BCUT2D eigenvalue weighted by Crippen LogP contribution is 2.29. The fourth-order valence-electron chi connectivity index (χ4n) is 2.60. The zero-order valence-electron chi connectivity index (χ0n) is 14.2. The smallest absolute Gasteiger partial charge is 0.324 e. The fraction of sp³-hybridized carbons (Fsp3) is 0.333. The van der Waals surface area contributed by atoms with Gasteiger partial charge < -0.3 is 14.7 Å². The van der Waals surface area contributed by atoms with Gasteiger partial charge in [-0.3, -0.25) is 0 Å². The van der Waals surface area contributed by atoms with Gasteiger partial charge in [0.15, 0.2) is 0 Å². The zero-order chi connectivity index (χ0) is 17.1. The molecule has 0 saturated carbocycles. The van der Waals surface area contributed by atoms with E-state index in [1.165, 1.54) is 11.0 Å². The molecule has 6 heteroatoms. The monoisotopic (exact) mass is 321 g/mol. The molecule has 122 valence electrons. The normalized spacial score (nSPS) is 12.9. The van der Waals surface area contributed by atoms with Crippen LogP contribution in [-0.2, 0) is 11.3 Å². The van der Waals surface area contributed by atoms with E-state index in [0.717, 1.165) is 5.69 Å². The topological polar surface area (TPSA) is 47.7 Å². The maximum Gasteiger partial charge on any atom is 0.324 e. The summed E-state index contributed by atoms with van der Waals surface area (Å²) in [5.41, 5.74) is 3.81. The summed E-state index contributed by atoms with van der Waals surface area (Å²) in [5, 5.41) is 3.28. The molecule has 1 aliphatic heterocycles. The second kappa shape index (κ2) is 6.94. The lowest BCUT2D eigenvalue weighted by Gasteiger charge is -2.12. The van der Waals surface area contributed by atoms with Gasteiger partial charge in [0.2, 0.25) is 11.6 Å². The van der Waals surface area contributed by atoms with Crippen LogP contribution in [0.2, 0.25) is 6.82 Å². The van der Waals surface area contributed by atoms with Crippen LogP contribution in [0.25, 0.3) is 4.85 Å². The third-order valence-electron chi connectivity index (χ3n) is 3.86. The average Bonchev–Trinajstić information content (AvgIpc) is 2.94. The standard InChI is InChI=1S/C18H20BN3O2/c1-12(2)10-23-18-16(20-4)7-8-17(22-18)21-14-5-6-15-13(9-14)11-24-19(15)3/h5-9,12H,10-11H2,1-3H3,(H,21,22). The first kappa shape index (κ1) is 16.3. The van der Waals surface area contributed by atoms with Gasteiger partial charge in [0.25, 0.3) is 0 Å². The average molecular weight is 321 g/mol. The Morgan fingerprint density at radius 3 is 2.96 bits per heavy atom. The lowest BCUT2D eigenvalue weighted by molar-refractivity contribution is 0.263. The maximum absolute atomic E-state index is 7.24. The highest BCUT2D eigenvalue weighted by molar-refractivity contribution is 6.67. The molecule has 0 fully saturated rings. The molecule has 2 heterocycles. The Labute approximate surface area is 142 Å². The third kappa shape index (κ3) is 3.52. The van der Waals surface area contributed by atoms with Crippen molar-refractivity contribution in [3.05, 3.63) is 47.3 Å². The third-order valence-corrected chi connectivity index (χ3v) is 3.86. The minimum Gasteiger partial charge on any atom is -0.486 e. The molecule has 1 aromatic carbocycles. The number of benzene rings is 1. The SMILES string of the molecule is [C-]#[N+]c1ccc(Nc2ccc3c(c2)COB3C)nc1OCC(C)C. The zero-order valence-corrected chi connectivity index (χ0v) is 14.2. The van der Waals surface area contributed by atoms with Crippen molar-refractivity contribution < 1.29 is 9.39 Å². The second-order valence-electron chi connectivity index (χ2n) is 6.33. The molecule has 1 aliphatic rings. The molecule has 2 aromatic rings. The first-order valence-electron chi connectivity index (χ1n) is 8.09. The summed E-state index contributed by atoms with van der Waals surface area (Å²) in [6.45, 7) is 14.7. The van der Waals surface area contributed by atoms with Crippen molar-refractivity contribution in [2.45, 2.75) is 27.3 Å². The highest BCUT2D eigenvalue weighted by Gasteiger charge is 2.23. The van der Waals surface area contributed by atoms with Gasteiger partial charge in [-0.15, -0.1) is 0 Å². The largest absolute Gasteiger partial charge is 0.486 e. The predicted octanol–water partition coefficient (Wildman–Crippen LogP) is 3.77. The minimum atomic E-state index is 0.154. The van der Waals surface area contributed by atoms with Crippen LogP contribution in [0.1, 0.15) is 19.4 Å². The van der Waals surface area contributed by atoms with Crippen LogP contribution in [0.15, 0.2) is 30.3 Å². The Morgan fingerprint density at radius 1 is 1.38 bits per heavy atom. The van der Waals surface area contributed by atoms with Crippen LogP contribution in [0.3, 0.4) is 0 Å². The van der Waals surface area contributed by atoms with Crippen molar-refractivity contribution in [2.75, 3.05) is 11.9 Å². The number of aromatic nitrogens is 1. The molecule has 0 amide bonds. The van der Waals surface area contributed by atoms with E-state index in [9.17, 15) is 0 Å². The molecule has 3 rings (SSSR count). The Balaban J connectivity index is 1.80. The number of nitrogens with one attached hydrogen (secondary N) is 1. The molecule has 0 unspecified atom stereocenters. The summed E-state index contributed by atoms with van der Waals surface area (Å²) < 4.78 is 11.3. The fourth-order valence-corrected chi connectivity index (χ4v) is 2.60. The lowest BCUT2D eigenvalue weighted by atomic mass is 9.64. The Bertz CT molecular complexity index is 786. The van der Waals surface area contributed by atoms with E-state index >= 15 is 0 Å².